The lowest BCUT2D eigenvalue weighted by molar-refractivity contribution is 0.317. The first-order chi connectivity index (χ1) is 7.88. The summed E-state index contributed by atoms with van der Waals surface area (Å²) >= 11 is 0. The Morgan fingerprint density at radius 1 is 1.44 bits per heavy atom. The highest BCUT2D eigenvalue weighted by atomic mass is 16.5. The Hall–Kier alpha value is -1.02. The minimum absolute atomic E-state index is 0.668. The predicted octanol–water partition coefficient (Wildman–Crippen LogP) is 2.77. The van der Waals surface area contributed by atoms with E-state index in [2.05, 4.69) is 30.4 Å². The quantitative estimate of drug-likeness (QED) is 0.822. The Bertz CT molecular complexity index is 318. The Labute approximate surface area is 98.0 Å². The molecule has 16 heavy (non-hydrogen) atoms. The number of rotatable bonds is 5. The molecule has 1 unspecified atom stereocenters. The van der Waals surface area contributed by atoms with Crippen molar-refractivity contribution in [1.29, 1.82) is 0 Å². The molecule has 1 aromatic carbocycles. The van der Waals surface area contributed by atoms with Gasteiger partial charge in [-0.05, 0) is 49.9 Å². The molecule has 0 bridgehead atoms. The van der Waals surface area contributed by atoms with Crippen LogP contribution < -0.4 is 10.1 Å². The van der Waals surface area contributed by atoms with Gasteiger partial charge in [-0.3, -0.25) is 0 Å². The molecular weight excluding hydrogens is 198 g/mol. The normalized spacial score (nSPS) is 19.9. The Kier molecular flexibility index (Phi) is 4.23. The van der Waals surface area contributed by atoms with Crippen LogP contribution in [-0.2, 0) is 6.42 Å². The zero-order valence-electron chi connectivity index (χ0n) is 10.0. The molecule has 1 N–H and O–H groups in total. The zero-order valence-corrected chi connectivity index (χ0v) is 10.0. The van der Waals surface area contributed by atoms with Gasteiger partial charge >= 0.3 is 0 Å². The van der Waals surface area contributed by atoms with Crippen LogP contribution in [0.25, 0.3) is 0 Å². The van der Waals surface area contributed by atoms with E-state index in [1.54, 1.807) is 0 Å². The van der Waals surface area contributed by atoms with Crippen LogP contribution in [0.3, 0.4) is 0 Å². The third-order valence-corrected chi connectivity index (χ3v) is 3.02. The highest BCUT2D eigenvalue weighted by Gasteiger charge is 2.14. The van der Waals surface area contributed by atoms with Crippen LogP contribution in [0.15, 0.2) is 24.3 Å². The lowest BCUT2D eigenvalue weighted by Crippen LogP contribution is -2.23. The number of benzene rings is 1. The van der Waals surface area contributed by atoms with Crippen LogP contribution in [0, 0.1) is 0 Å². The molecule has 1 aromatic rings. The van der Waals surface area contributed by atoms with E-state index in [9.17, 15) is 0 Å². The summed E-state index contributed by atoms with van der Waals surface area (Å²) in [6, 6.07) is 9.17. The third-order valence-electron chi connectivity index (χ3n) is 3.02. The molecular formula is C14H21NO. The molecule has 0 radical (unpaired) electrons. The molecule has 2 rings (SSSR count). The van der Waals surface area contributed by atoms with Crippen LogP contribution in [-0.4, -0.2) is 19.2 Å². The fraction of sp³-hybridized carbons (Fsp3) is 0.571. The SMILES string of the molecule is CCCOc1cccc(CC2CCCN2)c1. The number of hydrogen-bond donors (Lipinski definition) is 1. The maximum absolute atomic E-state index is 5.64. The molecule has 0 saturated carbocycles. The Balaban J connectivity index is 1.92. The summed E-state index contributed by atoms with van der Waals surface area (Å²) in [5.74, 6) is 1.01. The molecule has 2 heteroatoms. The second-order valence-electron chi connectivity index (χ2n) is 4.49. The van der Waals surface area contributed by atoms with E-state index in [1.165, 1.54) is 24.9 Å². The Morgan fingerprint density at radius 2 is 2.38 bits per heavy atom. The summed E-state index contributed by atoms with van der Waals surface area (Å²) in [5.41, 5.74) is 1.38. The van der Waals surface area contributed by atoms with Crippen LogP contribution in [0.2, 0.25) is 0 Å². The fourth-order valence-corrected chi connectivity index (χ4v) is 2.20. The van der Waals surface area contributed by atoms with Crippen molar-refractivity contribution in [1.82, 2.24) is 5.32 Å². The van der Waals surface area contributed by atoms with Crippen molar-refractivity contribution in [3.05, 3.63) is 29.8 Å². The van der Waals surface area contributed by atoms with E-state index in [-0.39, 0.29) is 0 Å². The topological polar surface area (TPSA) is 21.3 Å². The average molecular weight is 219 g/mol. The van der Waals surface area contributed by atoms with Gasteiger partial charge in [0.2, 0.25) is 0 Å². The van der Waals surface area contributed by atoms with Crippen molar-refractivity contribution in [3.8, 4) is 5.75 Å². The van der Waals surface area contributed by atoms with Crippen LogP contribution in [0.4, 0.5) is 0 Å². The van der Waals surface area contributed by atoms with Gasteiger partial charge in [0, 0.05) is 6.04 Å². The van der Waals surface area contributed by atoms with E-state index in [0.29, 0.717) is 6.04 Å². The fourth-order valence-electron chi connectivity index (χ4n) is 2.20. The molecule has 0 spiro atoms. The van der Waals surface area contributed by atoms with Crippen molar-refractivity contribution in [2.45, 2.75) is 38.6 Å². The summed E-state index contributed by atoms with van der Waals surface area (Å²) < 4.78 is 5.64. The van der Waals surface area contributed by atoms with Crippen molar-refractivity contribution in [2.24, 2.45) is 0 Å². The second kappa shape index (κ2) is 5.90. The summed E-state index contributed by atoms with van der Waals surface area (Å²) in [6.07, 6.45) is 4.81. The molecule has 1 heterocycles. The number of hydrogen-bond acceptors (Lipinski definition) is 2. The van der Waals surface area contributed by atoms with E-state index in [1.807, 2.05) is 6.07 Å². The standard InChI is InChI=1S/C14H21NO/c1-2-9-16-14-7-3-5-12(11-14)10-13-6-4-8-15-13/h3,5,7,11,13,15H,2,4,6,8-10H2,1H3. The lowest BCUT2D eigenvalue weighted by atomic mass is 10.0. The second-order valence-corrected chi connectivity index (χ2v) is 4.49. The monoisotopic (exact) mass is 219 g/mol. The highest BCUT2D eigenvalue weighted by molar-refractivity contribution is 5.29. The van der Waals surface area contributed by atoms with Gasteiger partial charge in [0.15, 0.2) is 0 Å². The maximum Gasteiger partial charge on any atom is 0.119 e. The van der Waals surface area contributed by atoms with Gasteiger partial charge < -0.3 is 10.1 Å². The first-order valence-electron chi connectivity index (χ1n) is 6.33. The minimum Gasteiger partial charge on any atom is -0.494 e. The molecule has 1 fully saturated rings. The first-order valence-corrected chi connectivity index (χ1v) is 6.33. The molecule has 0 amide bonds. The summed E-state index contributed by atoms with van der Waals surface area (Å²) in [5, 5.41) is 3.53. The van der Waals surface area contributed by atoms with E-state index < -0.39 is 0 Å². The van der Waals surface area contributed by atoms with Crippen LogP contribution >= 0.6 is 0 Å². The van der Waals surface area contributed by atoms with Gasteiger partial charge in [0.25, 0.3) is 0 Å². The molecule has 1 atom stereocenters. The molecule has 1 saturated heterocycles. The largest absolute Gasteiger partial charge is 0.494 e. The summed E-state index contributed by atoms with van der Waals surface area (Å²) in [4.78, 5) is 0. The van der Waals surface area contributed by atoms with Gasteiger partial charge in [-0.1, -0.05) is 19.1 Å². The third kappa shape index (κ3) is 3.24. The maximum atomic E-state index is 5.64. The lowest BCUT2D eigenvalue weighted by Gasteiger charge is -2.11. The van der Waals surface area contributed by atoms with Crippen molar-refractivity contribution >= 4 is 0 Å². The van der Waals surface area contributed by atoms with Crippen LogP contribution in [0.5, 0.6) is 5.75 Å². The van der Waals surface area contributed by atoms with Crippen molar-refractivity contribution < 1.29 is 4.74 Å². The molecule has 0 aromatic heterocycles. The zero-order chi connectivity index (χ0) is 11.2. The smallest absolute Gasteiger partial charge is 0.119 e. The molecule has 2 nitrogen and oxygen atoms in total. The highest BCUT2D eigenvalue weighted by Crippen LogP contribution is 2.17. The molecule has 1 aliphatic heterocycles. The van der Waals surface area contributed by atoms with E-state index >= 15 is 0 Å². The van der Waals surface area contributed by atoms with Gasteiger partial charge in [-0.15, -0.1) is 0 Å². The molecule has 1 aliphatic rings. The first kappa shape index (κ1) is 11.5. The average Bonchev–Trinajstić information content (AvgIpc) is 2.80. The number of nitrogens with one attached hydrogen (secondary N) is 1. The van der Waals surface area contributed by atoms with Gasteiger partial charge in [0.05, 0.1) is 6.61 Å². The summed E-state index contributed by atoms with van der Waals surface area (Å²) in [7, 11) is 0. The van der Waals surface area contributed by atoms with Crippen molar-refractivity contribution in [2.75, 3.05) is 13.2 Å². The number of ether oxygens (including phenoxy) is 1. The van der Waals surface area contributed by atoms with Gasteiger partial charge in [-0.2, -0.15) is 0 Å². The van der Waals surface area contributed by atoms with E-state index in [4.69, 9.17) is 4.74 Å². The predicted molar refractivity (Wildman–Crippen MR) is 67.0 cm³/mol. The van der Waals surface area contributed by atoms with Crippen molar-refractivity contribution in [3.63, 3.8) is 0 Å². The molecule has 88 valence electrons. The van der Waals surface area contributed by atoms with E-state index in [0.717, 1.165) is 25.2 Å². The van der Waals surface area contributed by atoms with Gasteiger partial charge in [0.1, 0.15) is 5.75 Å². The minimum atomic E-state index is 0.668. The molecule has 0 aliphatic carbocycles. The summed E-state index contributed by atoms with van der Waals surface area (Å²) in [6.45, 7) is 4.12. The van der Waals surface area contributed by atoms with Gasteiger partial charge in [-0.25, -0.2) is 0 Å². The Morgan fingerprint density at radius 3 is 3.12 bits per heavy atom. The van der Waals surface area contributed by atoms with Crippen LogP contribution in [0.1, 0.15) is 31.7 Å².